The van der Waals surface area contributed by atoms with Gasteiger partial charge in [-0.25, -0.2) is 0 Å². The fourth-order valence-electron chi connectivity index (χ4n) is 3.26. The van der Waals surface area contributed by atoms with E-state index in [4.69, 9.17) is 0 Å². The highest BCUT2D eigenvalue weighted by Crippen LogP contribution is 2.34. The molecule has 1 aromatic carbocycles. The standard InChI is InChI=1S/C18H20N4O4/c23-14-6-5-12(17(25)20-14)16-11-3-1-2-4-13(11)22(21-16)9-15(24)19-10-18(26)7-8-18/h1-4,12,26H,5-10H2,(H,19,24)(H,20,23,25). The van der Waals surface area contributed by atoms with Crippen molar-refractivity contribution < 1.29 is 19.5 Å². The van der Waals surface area contributed by atoms with Crippen molar-refractivity contribution in [1.82, 2.24) is 20.4 Å². The number of fused-ring (bicyclic) bond motifs is 1. The van der Waals surface area contributed by atoms with Gasteiger partial charge in [-0.15, -0.1) is 0 Å². The van der Waals surface area contributed by atoms with Crippen molar-refractivity contribution in [2.75, 3.05) is 6.54 Å². The van der Waals surface area contributed by atoms with Crippen LogP contribution in [0.15, 0.2) is 24.3 Å². The summed E-state index contributed by atoms with van der Waals surface area (Å²) < 4.78 is 1.57. The second-order valence-electron chi connectivity index (χ2n) is 7.06. The minimum atomic E-state index is -0.750. The second-order valence-corrected chi connectivity index (χ2v) is 7.06. The first-order valence-electron chi connectivity index (χ1n) is 8.73. The molecule has 8 heteroatoms. The fraction of sp³-hybridized carbons (Fsp3) is 0.444. The van der Waals surface area contributed by atoms with Crippen LogP contribution in [0.2, 0.25) is 0 Å². The number of imide groups is 1. The van der Waals surface area contributed by atoms with Gasteiger partial charge in [0.25, 0.3) is 0 Å². The van der Waals surface area contributed by atoms with Crippen LogP contribution in [0.25, 0.3) is 10.9 Å². The summed E-state index contributed by atoms with van der Waals surface area (Å²) in [5.41, 5.74) is 0.589. The average Bonchev–Trinajstić information content (AvgIpc) is 3.25. The number of aliphatic hydroxyl groups is 1. The molecule has 1 saturated heterocycles. The van der Waals surface area contributed by atoms with Crippen LogP contribution in [0.3, 0.4) is 0 Å². The Hall–Kier alpha value is -2.74. The van der Waals surface area contributed by atoms with Crippen molar-refractivity contribution in [3.8, 4) is 0 Å². The summed E-state index contributed by atoms with van der Waals surface area (Å²) in [5.74, 6) is -1.37. The van der Waals surface area contributed by atoms with Crippen molar-refractivity contribution in [2.24, 2.45) is 0 Å². The van der Waals surface area contributed by atoms with Crippen LogP contribution in [0.1, 0.15) is 37.3 Å². The maximum absolute atomic E-state index is 12.2. The topological polar surface area (TPSA) is 113 Å². The molecule has 2 aromatic rings. The van der Waals surface area contributed by atoms with Gasteiger partial charge in [-0.3, -0.25) is 24.4 Å². The Kier molecular flexibility index (Phi) is 3.99. The summed E-state index contributed by atoms with van der Waals surface area (Å²) in [6.45, 7) is 0.245. The predicted octanol–water partition coefficient (Wildman–Crippen LogP) is 0.198. The molecule has 2 aliphatic rings. The van der Waals surface area contributed by atoms with Crippen LogP contribution in [0.4, 0.5) is 0 Å². The summed E-state index contributed by atoms with van der Waals surface area (Å²) in [6, 6.07) is 7.41. The highest BCUT2D eigenvalue weighted by molar-refractivity contribution is 6.02. The SMILES string of the molecule is O=C(Cn1nc(C2CCC(=O)NC2=O)c2ccccc21)NCC1(O)CC1. The zero-order chi connectivity index (χ0) is 18.3. The number of piperidine rings is 1. The van der Waals surface area contributed by atoms with E-state index in [1.54, 1.807) is 4.68 Å². The highest BCUT2D eigenvalue weighted by Gasteiger charge is 2.40. The Balaban J connectivity index is 1.58. The molecule has 1 aliphatic carbocycles. The van der Waals surface area contributed by atoms with Gasteiger partial charge in [0.05, 0.1) is 22.7 Å². The monoisotopic (exact) mass is 356 g/mol. The molecular weight excluding hydrogens is 336 g/mol. The molecule has 0 radical (unpaired) electrons. The van der Waals surface area contributed by atoms with Crippen molar-refractivity contribution in [1.29, 1.82) is 0 Å². The smallest absolute Gasteiger partial charge is 0.241 e. The van der Waals surface area contributed by atoms with Crippen molar-refractivity contribution in [2.45, 2.75) is 43.7 Å². The molecule has 2 heterocycles. The Morgan fingerprint density at radius 1 is 1.35 bits per heavy atom. The van der Waals surface area contributed by atoms with Gasteiger partial charge in [0, 0.05) is 18.4 Å². The van der Waals surface area contributed by atoms with Gasteiger partial charge in [-0.05, 0) is 25.3 Å². The molecule has 26 heavy (non-hydrogen) atoms. The Morgan fingerprint density at radius 2 is 2.12 bits per heavy atom. The van der Waals surface area contributed by atoms with Gasteiger partial charge < -0.3 is 10.4 Å². The quantitative estimate of drug-likeness (QED) is 0.662. The van der Waals surface area contributed by atoms with E-state index in [2.05, 4.69) is 15.7 Å². The molecule has 2 fully saturated rings. The zero-order valence-corrected chi connectivity index (χ0v) is 14.2. The van der Waals surface area contributed by atoms with Crippen LogP contribution in [-0.4, -0.2) is 44.8 Å². The lowest BCUT2D eigenvalue weighted by Crippen LogP contribution is -2.39. The molecule has 1 unspecified atom stereocenters. The number of hydrogen-bond donors (Lipinski definition) is 3. The highest BCUT2D eigenvalue weighted by atomic mass is 16.3. The fourth-order valence-corrected chi connectivity index (χ4v) is 3.26. The Bertz CT molecular complexity index is 900. The van der Waals surface area contributed by atoms with Gasteiger partial charge in [0.2, 0.25) is 17.7 Å². The van der Waals surface area contributed by atoms with E-state index in [1.807, 2.05) is 24.3 Å². The summed E-state index contributed by atoms with van der Waals surface area (Å²) in [5, 5.41) is 20.2. The number of amides is 3. The molecule has 1 saturated carbocycles. The lowest BCUT2D eigenvalue weighted by atomic mass is 9.93. The first kappa shape index (κ1) is 16.7. The molecule has 1 atom stereocenters. The molecule has 3 amide bonds. The number of hydrogen-bond acceptors (Lipinski definition) is 5. The number of nitrogens with one attached hydrogen (secondary N) is 2. The normalized spacial score (nSPS) is 21.5. The van der Waals surface area contributed by atoms with E-state index < -0.39 is 11.5 Å². The van der Waals surface area contributed by atoms with Crippen LogP contribution < -0.4 is 10.6 Å². The minimum Gasteiger partial charge on any atom is -0.388 e. The molecule has 1 aromatic heterocycles. The van der Waals surface area contributed by atoms with E-state index in [0.29, 0.717) is 25.0 Å². The lowest BCUT2D eigenvalue weighted by molar-refractivity contribution is -0.134. The number of carbonyl (C=O) groups is 3. The van der Waals surface area contributed by atoms with Gasteiger partial charge >= 0.3 is 0 Å². The maximum Gasteiger partial charge on any atom is 0.241 e. The van der Waals surface area contributed by atoms with E-state index in [0.717, 1.165) is 10.9 Å². The summed E-state index contributed by atoms with van der Waals surface area (Å²) in [4.78, 5) is 35.8. The van der Waals surface area contributed by atoms with E-state index in [1.165, 1.54) is 0 Å². The summed E-state index contributed by atoms with van der Waals surface area (Å²) in [6.07, 6.45) is 2.09. The third-order valence-corrected chi connectivity index (χ3v) is 4.99. The van der Waals surface area contributed by atoms with Gasteiger partial charge in [-0.1, -0.05) is 18.2 Å². The van der Waals surface area contributed by atoms with Crippen molar-refractivity contribution >= 4 is 28.6 Å². The Labute approximate surface area is 149 Å². The van der Waals surface area contributed by atoms with Crippen LogP contribution >= 0.6 is 0 Å². The zero-order valence-electron chi connectivity index (χ0n) is 14.2. The number of nitrogens with zero attached hydrogens (tertiary/aromatic N) is 2. The third kappa shape index (κ3) is 3.20. The predicted molar refractivity (Wildman–Crippen MR) is 92.1 cm³/mol. The van der Waals surface area contributed by atoms with Crippen molar-refractivity contribution in [3.63, 3.8) is 0 Å². The summed E-state index contributed by atoms with van der Waals surface area (Å²) >= 11 is 0. The third-order valence-electron chi connectivity index (χ3n) is 4.99. The molecule has 8 nitrogen and oxygen atoms in total. The number of carbonyl (C=O) groups excluding carboxylic acids is 3. The number of para-hydroxylation sites is 1. The van der Waals surface area contributed by atoms with Crippen LogP contribution in [-0.2, 0) is 20.9 Å². The number of rotatable bonds is 5. The number of aromatic nitrogens is 2. The van der Waals surface area contributed by atoms with Gasteiger partial charge in [-0.2, -0.15) is 5.10 Å². The molecule has 1 aliphatic heterocycles. The van der Waals surface area contributed by atoms with Crippen molar-refractivity contribution in [3.05, 3.63) is 30.0 Å². The van der Waals surface area contributed by atoms with E-state index >= 15 is 0 Å². The van der Waals surface area contributed by atoms with Gasteiger partial charge in [0.1, 0.15) is 6.54 Å². The second kappa shape index (κ2) is 6.21. The average molecular weight is 356 g/mol. The van der Waals surface area contributed by atoms with E-state index in [9.17, 15) is 19.5 Å². The number of benzene rings is 1. The first-order chi connectivity index (χ1) is 12.5. The molecule has 4 rings (SSSR count). The molecule has 0 bridgehead atoms. The lowest BCUT2D eigenvalue weighted by Gasteiger charge is -2.19. The van der Waals surface area contributed by atoms with Crippen LogP contribution in [0.5, 0.6) is 0 Å². The largest absolute Gasteiger partial charge is 0.388 e. The molecule has 136 valence electrons. The first-order valence-corrected chi connectivity index (χ1v) is 8.73. The maximum atomic E-state index is 12.2. The minimum absolute atomic E-state index is 0.00383. The molecule has 0 spiro atoms. The molecule has 3 N–H and O–H groups in total. The molecular formula is C18H20N4O4. The summed E-state index contributed by atoms with van der Waals surface area (Å²) in [7, 11) is 0. The van der Waals surface area contributed by atoms with E-state index in [-0.39, 0.29) is 37.2 Å². The van der Waals surface area contributed by atoms with Gasteiger partial charge in [0.15, 0.2) is 0 Å². The Morgan fingerprint density at radius 3 is 2.85 bits per heavy atom. The van der Waals surface area contributed by atoms with Crippen LogP contribution in [0, 0.1) is 0 Å².